The molecule has 3 N–H and O–H groups in total. The van der Waals surface area contributed by atoms with Crippen LogP contribution in [0.25, 0.3) is 0 Å². The predicted molar refractivity (Wildman–Crippen MR) is 107 cm³/mol. The van der Waals surface area contributed by atoms with Crippen molar-refractivity contribution in [3.8, 4) is 11.5 Å². The predicted octanol–water partition coefficient (Wildman–Crippen LogP) is 2.63. The summed E-state index contributed by atoms with van der Waals surface area (Å²) in [5.74, 6) is -0.166. The molecule has 28 heavy (non-hydrogen) atoms. The number of thioether (sulfide) groups is 1. The maximum absolute atomic E-state index is 12.8. The van der Waals surface area contributed by atoms with Crippen molar-refractivity contribution in [2.24, 2.45) is 5.73 Å². The number of hydrogen-bond donors (Lipinski definition) is 2. The minimum absolute atomic E-state index is 0.280. The van der Waals surface area contributed by atoms with E-state index in [2.05, 4.69) is 5.32 Å². The van der Waals surface area contributed by atoms with Crippen molar-refractivity contribution >= 4 is 28.7 Å². The van der Waals surface area contributed by atoms with Gasteiger partial charge in [-0.15, -0.1) is 0 Å². The summed E-state index contributed by atoms with van der Waals surface area (Å²) in [4.78, 5) is 37.3. The van der Waals surface area contributed by atoms with Gasteiger partial charge in [0, 0.05) is 4.90 Å². The second kappa shape index (κ2) is 9.80. The molecule has 0 bridgehead atoms. The Kier molecular flexibility index (Phi) is 7.45. The zero-order valence-electron chi connectivity index (χ0n) is 15.9. The molecule has 0 heterocycles. The van der Waals surface area contributed by atoms with Crippen molar-refractivity contribution in [3.05, 3.63) is 53.6 Å². The molecule has 0 saturated heterocycles. The molecule has 0 radical (unpaired) electrons. The van der Waals surface area contributed by atoms with E-state index in [1.807, 2.05) is 0 Å². The lowest BCUT2D eigenvalue weighted by Crippen LogP contribution is -2.44. The fraction of sp³-hybridized carbons (Fsp3) is 0.250. The van der Waals surface area contributed by atoms with Gasteiger partial charge in [0.05, 0.1) is 25.3 Å². The van der Waals surface area contributed by atoms with Crippen molar-refractivity contribution in [1.82, 2.24) is 5.32 Å². The van der Waals surface area contributed by atoms with E-state index < -0.39 is 17.9 Å². The summed E-state index contributed by atoms with van der Waals surface area (Å²) >= 11 is 0.892. The molecule has 7 nitrogen and oxygen atoms in total. The second-order valence-corrected chi connectivity index (χ2v) is 6.80. The van der Waals surface area contributed by atoms with Crippen molar-refractivity contribution in [3.63, 3.8) is 0 Å². The highest BCUT2D eigenvalue weighted by Crippen LogP contribution is 2.32. The SMILES string of the molecule is CC[C@H](NC(=O)c1ccccc1SC(=O)c1cc(OC)ccc1OC)C(N)=O. The maximum atomic E-state index is 12.8. The monoisotopic (exact) mass is 402 g/mol. The van der Waals surface area contributed by atoms with Gasteiger partial charge in [0.1, 0.15) is 17.5 Å². The smallest absolute Gasteiger partial charge is 0.253 e. The van der Waals surface area contributed by atoms with E-state index >= 15 is 0 Å². The van der Waals surface area contributed by atoms with E-state index in [1.165, 1.54) is 14.2 Å². The van der Waals surface area contributed by atoms with Gasteiger partial charge in [0.25, 0.3) is 5.91 Å². The maximum Gasteiger partial charge on any atom is 0.253 e. The van der Waals surface area contributed by atoms with E-state index in [9.17, 15) is 14.4 Å². The van der Waals surface area contributed by atoms with Crippen LogP contribution in [0.4, 0.5) is 0 Å². The van der Waals surface area contributed by atoms with Crippen molar-refractivity contribution in [2.45, 2.75) is 24.3 Å². The third kappa shape index (κ3) is 5.04. The van der Waals surface area contributed by atoms with Crippen LogP contribution in [-0.4, -0.2) is 37.2 Å². The lowest BCUT2D eigenvalue weighted by Gasteiger charge is -2.15. The minimum atomic E-state index is -0.778. The summed E-state index contributed by atoms with van der Waals surface area (Å²) in [5.41, 5.74) is 5.89. The van der Waals surface area contributed by atoms with Gasteiger partial charge in [-0.25, -0.2) is 0 Å². The molecule has 0 aliphatic rings. The molecule has 0 aliphatic heterocycles. The molecule has 0 fully saturated rings. The van der Waals surface area contributed by atoms with Crippen LogP contribution < -0.4 is 20.5 Å². The van der Waals surface area contributed by atoms with Gasteiger partial charge in [-0.1, -0.05) is 19.1 Å². The molecule has 148 valence electrons. The quantitative estimate of drug-likeness (QED) is 0.657. The van der Waals surface area contributed by atoms with Crippen molar-refractivity contribution in [2.75, 3.05) is 14.2 Å². The number of benzene rings is 2. The van der Waals surface area contributed by atoms with Crippen LogP contribution in [0.2, 0.25) is 0 Å². The molecule has 2 amide bonds. The Bertz CT molecular complexity index is 885. The first-order valence-electron chi connectivity index (χ1n) is 8.54. The normalized spacial score (nSPS) is 11.4. The lowest BCUT2D eigenvalue weighted by molar-refractivity contribution is -0.119. The molecule has 2 aromatic carbocycles. The number of ether oxygens (including phenoxy) is 2. The molecule has 0 saturated carbocycles. The number of nitrogens with two attached hydrogens (primary N) is 1. The van der Waals surface area contributed by atoms with Gasteiger partial charge in [0.15, 0.2) is 0 Å². The highest BCUT2D eigenvalue weighted by molar-refractivity contribution is 8.14. The molecule has 0 aliphatic carbocycles. The second-order valence-electron chi connectivity index (χ2n) is 5.79. The first kappa shape index (κ1) is 21.3. The van der Waals surface area contributed by atoms with Gasteiger partial charge >= 0.3 is 0 Å². The number of rotatable bonds is 8. The number of primary amides is 1. The van der Waals surface area contributed by atoms with Crippen LogP contribution in [-0.2, 0) is 4.79 Å². The number of carbonyl (C=O) groups excluding carboxylic acids is 3. The Labute approximate surface area is 167 Å². The van der Waals surface area contributed by atoms with E-state index in [1.54, 1.807) is 49.4 Å². The van der Waals surface area contributed by atoms with Crippen LogP contribution in [0.3, 0.4) is 0 Å². The number of methoxy groups -OCH3 is 2. The molecule has 1 atom stereocenters. The van der Waals surface area contributed by atoms with E-state index in [0.29, 0.717) is 28.4 Å². The summed E-state index contributed by atoms with van der Waals surface area (Å²) < 4.78 is 10.4. The van der Waals surface area contributed by atoms with Gasteiger partial charge in [-0.05, 0) is 48.5 Å². The number of hydrogen-bond acceptors (Lipinski definition) is 6. The van der Waals surface area contributed by atoms with Crippen LogP contribution >= 0.6 is 11.8 Å². The van der Waals surface area contributed by atoms with E-state index in [0.717, 1.165) is 11.8 Å². The molecule has 8 heteroatoms. The van der Waals surface area contributed by atoms with Gasteiger partial charge in [-0.3, -0.25) is 14.4 Å². The van der Waals surface area contributed by atoms with Crippen LogP contribution in [0, 0.1) is 0 Å². The fourth-order valence-corrected chi connectivity index (χ4v) is 3.37. The zero-order valence-corrected chi connectivity index (χ0v) is 16.7. The average Bonchev–Trinajstić information content (AvgIpc) is 2.71. The summed E-state index contributed by atoms with van der Waals surface area (Å²) in [6.45, 7) is 1.74. The van der Waals surface area contributed by atoms with Crippen LogP contribution in [0.5, 0.6) is 11.5 Å². The topological polar surface area (TPSA) is 108 Å². The Morgan fingerprint density at radius 3 is 2.39 bits per heavy atom. The average molecular weight is 402 g/mol. The number of carbonyl (C=O) groups is 3. The van der Waals surface area contributed by atoms with Crippen molar-refractivity contribution in [1.29, 1.82) is 0 Å². The van der Waals surface area contributed by atoms with Gasteiger partial charge in [0.2, 0.25) is 11.0 Å². The molecule has 0 aromatic heterocycles. The Hall–Kier alpha value is -3.00. The summed E-state index contributed by atoms with van der Waals surface area (Å²) in [7, 11) is 2.98. The fourth-order valence-electron chi connectivity index (χ4n) is 2.48. The highest BCUT2D eigenvalue weighted by atomic mass is 32.2. The molecular formula is C20H22N2O5S. The summed E-state index contributed by atoms with van der Waals surface area (Å²) in [6, 6.07) is 10.8. The first-order valence-corrected chi connectivity index (χ1v) is 9.36. The Balaban J connectivity index is 2.29. The summed E-state index contributed by atoms with van der Waals surface area (Å²) in [6.07, 6.45) is 0.371. The standard InChI is InChI=1S/C20H22N2O5S/c1-4-15(18(21)23)22-19(24)13-7-5-6-8-17(13)28-20(25)14-11-12(26-2)9-10-16(14)27-3/h5-11,15H,4H2,1-3H3,(H2,21,23)(H,22,24)/t15-/m0/s1. The van der Waals surface area contributed by atoms with Crippen LogP contribution in [0.15, 0.2) is 47.4 Å². The third-order valence-electron chi connectivity index (χ3n) is 4.02. The molecule has 2 rings (SSSR count). The largest absolute Gasteiger partial charge is 0.497 e. The van der Waals surface area contributed by atoms with Gasteiger partial charge < -0.3 is 20.5 Å². The lowest BCUT2D eigenvalue weighted by atomic mass is 10.1. The van der Waals surface area contributed by atoms with Gasteiger partial charge in [-0.2, -0.15) is 0 Å². The zero-order chi connectivity index (χ0) is 20.7. The van der Waals surface area contributed by atoms with E-state index in [-0.39, 0.29) is 10.7 Å². The number of nitrogens with one attached hydrogen (secondary N) is 1. The molecule has 2 aromatic rings. The van der Waals surface area contributed by atoms with Crippen molar-refractivity contribution < 1.29 is 23.9 Å². The first-order chi connectivity index (χ1) is 13.4. The Morgan fingerprint density at radius 2 is 1.79 bits per heavy atom. The Morgan fingerprint density at radius 1 is 1.07 bits per heavy atom. The highest BCUT2D eigenvalue weighted by Gasteiger charge is 2.22. The van der Waals surface area contributed by atoms with Crippen LogP contribution in [0.1, 0.15) is 34.1 Å². The molecule has 0 spiro atoms. The van der Waals surface area contributed by atoms with E-state index in [4.69, 9.17) is 15.2 Å². The third-order valence-corrected chi connectivity index (χ3v) is 5.00. The number of amides is 2. The minimum Gasteiger partial charge on any atom is -0.497 e. The molecular weight excluding hydrogens is 380 g/mol. The summed E-state index contributed by atoms with van der Waals surface area (Å²) in [5, 5.41) is 2.29. The molecule has 0 unspecified atom stereocenters.